The van der Waals surface area contributed by atoms with Crippen molar-refractivity contribution < 1.29 is 4.79 Å². The molecule has 1 aliphatic heterocycles. The van der Waals surface area contributed by atoms with E-state index in [9.17, 15) is 14.4 Å². The van der Waals surface area contributed by atoms with Crippen molar-refractivity contribution >= 4 is 34.2 Å². The third-order valence-electron chi connectivity index (χ3n) is 5.92. The zero-order valence-electron chi connectivity index (χ0n) is 18.2. The Morgan fingerprint density at radius 1 is 0.912 bits per heavy atom. The molecule has 5 rings (SSSR count). The third kappa shape index (κ3) is 4.06. The first-order valence-electron chi connectivity index (χ1n) is 10.8. The van der Waals surface area contributed by atoms with E-state index in [2.05, 4.69) is 10.1 Å². The Hall–Kier alpha value is -3.98. The molecule has 2 aromatic carbocycles. The SMILES string of the molecule is O=C(Cn1c(=O)cnc2ccccc21)N1CCN(c2cnn(-c3ccccc3)c(=O)c2Cl)CC1. The number of anilines is 1. The minimum Gasteiger partial charge on any atom is -0.365 e. The first-order valence-corrected chi connectivity index (χ1v) is 11.2. The Morgan fingerprint density at radius 2 is 1.62 bits per heavy atom. The summed E-state index contributed by atoms with van der Waals surface area (Å²) in [5, 5.41) is 4.38. The number of halogens is 1. The van der Waals surface area contributed by atoms with E-state index in [0.717, 1.165) is 0 Å². The molecule has 34 heavy (non-hydrogen) atoms. The van der Waals surface area contributed by atoms with E-state index in [1.165, 1.54) is 15.4 Å². The summed E-state index contributed by atoms with van der Waals surface area (Å²) in [6.45, 7) is 1.81. The molecule has 3 heterocycles. The monoisotopic (exact) mass is 476 g/mol. The quantitative estimate of drug-likeness (QED) is 0.447. The van der Waals surface area contributed by atoms with Crippen LogP contribution in [0.5, 0.6) is 0 Å². The fourth-order valence-corrected chi connectivity index (χ4v) is 4.36. The normalized spacial score (nSPS) is 13.9. The molecular formula is C24H21ClN6O3. The number of carbonyl (C=O) groups is 1. The van der Waals surface area contributed by atoms with E-state index >= 15 is 0 Å². The van der Waals surface area contributed by atoms with Crippen LogP contribution in [0.4, 0.5) is 5.69 Å². The van der Waals surface area contributed by atoms with E-state index < -0.39 is 5.56 Å². The van der Waals surface area contributed by atoms with Crippen LogP contribution in [-0.4, -0.2) is 56.3 Å². The molecule has 1 aliphatic rings. The van der Waals surface area contributed by atoms with Crippen LogP contribution in [0.2, 0.25) is 5.02 Å². The maximum atomic E-state index is 13.0. The summed E-state index contributed by atoms with van der Waals surface area (Å²) in [6, 6.07) is 16.3. The van der Waals surface area contributed by atoms with Gasteiger partial charge < -0.3 is 9.80 Å². The van der Waals surface area contributed by atoms with Crippen LogP contribution in [0.1, 0.15) is 0 Å². The lowest BCUT2D eigenvalue weighted by molar-refractivity contribution is -0.132. The molecule has 0 aliphatic carbocycles. The molecule has 0 atom stereocenters. The second-order valence-electron chi connectivity index (χ2n) is 7.94. The van der Waals surface area contributed by atoms with Gasteiger partial charge in [-0.1, -0.05) is 41.9 Å². The van der Waals surface area contributed by atoms with E-state index in [4.69, 9.17) is 11.6 Å². The summed E-state index contributed by atoms with van der Waals surface area (Å²) >= 11 is 6.42. The standard InChI is InChI=1S/C24H21ClN6O3/c25-23-20(14-27-31(24(23)34)17-6-2-1-3-7-17)28-10-12-29(13-11-28)22(33)16-30-19-9-5-4-8-18(19)26-15-21(30)32/h1-9,14-15H,10-13,16H2. The summed E-state index contributed by atoms with van der Waals surface area (Å²) in [5.41, 5.74) is 1.75. The highest BCUT2D eigenvalue weighted by Gasteiger charge is 2.25. The number of hydrogen-bond donors (Lipinski definition) is 0. The molecule has 4 aromatic rings. The number of carbonyl (C=O) groups excluding carboxylic acids is 1. The van der Waals surface area contributed by atoms with Crippen LogP contribution >= 0.6 is 11.6 Å². The summed E-state index contributed by atoms with van der Waals surface area (Å²) in [6.07, 6.45) is 2.82. The highest BCUT2D eigenvalue weighted by atomic mass is 35.5. The number of rotatable bonds is 4. The number of hydrogen-bond acceptors (Lipinski definition) is 6. The predicted molar refractivity (Wildman–Crippen MR) is 130 cm³/mol. The van der Waals surface area contributed by atoms with Gasteiger partial charge in [0.2, 0.25) is 5.91 Å². The predicted octanol–water partition coefficient (Wildman–Crippen LogP) is 1.94. The molecule has 2 aromatic heterocycles. The van der Waals surface area contributed by atoms with E-state index in [0.29, 0.717) is 48.6 Å². The van der Waals surface area contributed by atoms with Gasteiger partial charge in [-0.05, 0) is 24.3 Å². The van der Waals surface area contributed by atoms with E-state index in [1.807, 2.05) is 35.2 Å². The van der Waals surface area contributed by atoms with Gasteiger partial charge in [0.15, 0.2) is 0 Å². The molecule has 0 unspecified atom stereocenters. The topological polar surface area (TPSA) is 93.3 Å². The average Bonchev–Trinajstić information content (AvgIpc) is 2.88. The maximum Gasteiger partial charge on any atom is 0.292 e. The lowest BCUT2D eigenvalue weighted by atomic mass is 10.2. The molecule has 10 heteroatoms. The van der Waals surface area contributed by atoms with Crippen molar-refractivity contribution in [3.63, 3.8) is 0 Å². The fraction of sp³-hybridized carbons (Fsp3) is 0.208. The van der Waals surface area contributed by atoms with Gasteiger partial charge in [-0.2, -0.15) is 9.78 Å². The molecule has 0 saturated carbocycles. The molecule has 9 nitrogen and oxygen atoms in total. The largest absolute Gasteiger partial charge is 0.365 e. The molecule has 0 bridgehead atoms. The molecule has 0 N–H and O–H groups in total. The second kappa shape index (κ2) is 9.11. The number of amides is 1. The smallest absolute Gasteiger partial charge is 0.292 e. The molecule has 172 valence electrons. The van der Waals surface area contributed by atoms with Crippen molar-refractivity contribution in [1.82, 2.24) is 24.2 Å². The van der Waals surface area contributed by atoms with Gasteiger partial charge in [-0.15, -0.1) is 0 Å². The van der Waals surface area contributed by atoms with Crippen LogP contribution in [0.3, 0.4) is 0 Å². The fourth-order valence-electron chi connectivity index (χ4n) is 4.11. The van der Waals surface area contributed by atoms with Gasteiger partial charge in [0.1, 0.15) is 11.6 Å². The van der Waals surface area contributed by atoms with Crippen LogP contribution < -0.4 is 16.0 Å². The van der Waals surface area contributed by atoms with Crippen LogP contribution in [0, 0.1) is 0 Å². The number of fused-ring (bicyclic) bond motifs is 1. The maximum absolute atomic E-state index is 13.0. The lowest BCUT2D eigenvalue weighted by Crippen LogP contribution is -2.50. The third-order valence-corrected chi connectivity index (χ3v) is 6.28. The molecular weight excluding hydrogens is 456 g/mol. The second-order valence-corrected chi connectivity index (χ2v) is 8.31. The zero-order valence-corrected chi connectivity index (χ0v) is 18.9. The van der Waals surface area contributed by atoms with Crippen LogP contribution in [-0.2, 0) is 11.3 Å². The molecule has 1 amide bonds. The van der Waals surface area contributed by atoms with Crippen molar-refractivity contribution in [3.05, 3.63) is 92.7 Å². The Labute approximate surface area is 199 Å². The molecule has 0 spiro atoms. The lowest BCUT2D eigenvalue weighted by Gasteiger charge is -2.36. The number of benzene rings is 2. The summed E-state index contributed by atoms with van der Waals surface area (Å²) in [5.74, 6) is -0.151. The van der Waals surface area contributed by atoms with Gasteiger partial charge in [-0.25, -0.2) is 4.98 Å². The van der Waals surface area contributed by atoms with Gasteiger partial charge in [-0.3, -0.25) is 19.0 Å². The zero-order chi connectivity index (χ0) is 23.7. The van der Waals surface area contributed by atoms with Gasteiger partial charge >= 0.3 is 0 Å². The minimum absolute atomic E-state index is 0.0582. The van der Waals surface area contributed by atoms with Crippen LogP contribution in [0.25, 0.3) is 16.7 Å². The van der Waals surface area contributed by atoms with E-state index in [-0.39, 0.29) is 23.0 Å². The number of piperazine rings is 1. The highest BCUT2D eigenvalue weighted by molar-refractivity contribution is 6.33. The first kappa shape index (κ1) is 21.8. The van der Waals surface area contributed by atoms with Crippen LogP contribution in [0.15, 0.2) is 76.6 Å². The molecule has 0 radical (unpaired) electrons. The molecule has 1 saturated heterocycles. The average molecular weight is 477 g/mol. The number of aromatic nitrogens is 4. The number of nitrogens with zero attached hydrogens (tertiary/aromatic N) is 6. The summed E-state index contributed by atoms with van der Waals surface area (Å²) in [7, 11) is 0. The van der Waals surface area contributed by atoms with Crippen molar-refractivity contribution in [3.8, 4) is 5.69 Å². The van der Waals surface area contributed by atoms with Crippen molar-refractivity contribution in [2.24, 2.45) is 0 Å². The van der Waals surface area contributed by atoms with Crippen molar-refractivity contribution in [1.29, 1.82) is 0 Å². The molecule has 1 fully saturated rings. The van der Waals surface area contributed by atoms with Gasteiger partial charge in [0.05, 0.1) is 34.8 Å². The van der Waals surface area contributed by atoms with E-state index in [1.54, 1.807) is 35.4 Å². The number of para-hydroxylation sites is 3. The summed E-state index contributed by atoms with van der Waals surface area (Å²) in [4.78, 5) is 45.9. The first-order chi connectivity index (χ1) is 16.5. The van der Waals surface area contributed by atoms with Crippen molar-refractivity contribution in [2.75, 3.05) is 31.1 Å². The Morgan fingerprint density at radius 3 is 2.38 bits per heavy atom. The Bertz CT molecular complexity index is 1480. The van der Waals surface area contributed by atoms with Gasteiger partial charge in [0, 0.05) is 26.2 Å². The minimum atomic E-state index is -0.396. The Kier molecular flexibility index (Phi) is 5.85. The Balaban J connectivity index is 1.30. The van der Waals surface area contributed by atoms with Crippen molar-refractivity contribution in [2.45, 2.75) is 6.54 Å². The van der Waals surface area contributed by atoms with Gasteiger partial charge in [0.25, 0.3) is 11.1 Å². The highest BCUT2D eigenvalue weighted by Crippen LogP contribution is 2.23. The summed E-state index contributed by atoms with van der Waals surface area (Å²) < 4.78 is 2.71.